The van der Waals surface area contributed by atoms with Gasteiger partial charge in [0.25, 0.3) is 0 Å². The number of fused-ring (bicyclic) bond motifs is 4. The van der Waals surface area contributed by atoms with E-state index >= 15 is 0 Å². The Hall–Kier alpha value is -1.98. The Morgan fingerprint density at radius 2 is 0.818 bits per heavy atom. The van der Waals surface area contributed by atoms with Crippen LogP contribution in [-0.2, 0) is 21.8 Å². The minimum atomic E-state index is -0.122. The highest BCUT2D eigenvalue weighted by Crippen LogP contribution is 2.57. The quantitative estimate of drug-likeness (QED) is 0.190. The molecule has 6 rings (SSSR count). The minimum absolute atomic E-state index is 0.122. The van der Waals surface area contributed by atoms with Crippen LogP contribution in [0.5, 0.6) is 0 Å². The van der Waals surface area contributed by atoms with Crippen molar-refractivity contribution in [2.75, 3.05) is 0 Å². The predicted molar refractivity (Wildman–Crippen MR) is 197 cm³/mol. The second-order valence-corrected chi connectivity index (χ2v) is 18.4. The number of rotatable bonds is 6. The van der Waals surface area contributed by atoms with Gasteiger partial charge in [0.1, 0.15) is 21.8 Å². The summed E-state index contributed by atoms with van der Waals surface area (Å²) in [7, 11) is -0.244. The summed E-state index contributed by atoms with van der Waals surface area (Å²) in [5.41, 5.74) is 11.8. The maximum Gasteiger partial charge on any atom is 0.194 e. The van der Waals surface area contributed by atoms with Crippen molar-refractivity contribution in [1.29, 1.82) is 0 Å². The molecule has 0 spiro atoms. The lowest BCUT2D eigenvalue weighted by molar-refractivity contribution is 0.891. The fourth-order valence-corrected chi connectivity index (χ4v) is 16.4. The van der Waals surface area contributed by atoms with Crippen LogP contribution in [0, 0.1) is 55.4 Å². The van der Waals surface area contributed by atoms with E-state index in [1.54, 1.807) is 19.6 Å². The van der Waals surface area contributed by atoms with Crippen LogP contribution in [0.15, 0.2) is 97.5 Å². The van der Waals surface area contributed by atoms with E-state index in [9.17, 15) is 0 Å². The molecule has 44 heavy (non-hydrogen) atoms. The molecule has 0 N–H and O–H groups in total. The van der Waals surface area contributed by atoms with Gasteiger partial charge >= 0.3 is 0 Å². The Morgan fingerprint density at radius 3 is 1.18 bits per heavy atom. The lowest BCUT2D eigenvalue weighted by atomic mass is 9.99. The van der Waals surface area contributed by atoms with Crippen molar-refractivity contribution >= 4 is 45.3 Å². The molecule has 0 aromatic heterocycles. The highest BCUT2D eigenvalue weighted by molar-refractivity contribution is 8.08. The first kappa shape index (κ1) is 32.0. The van der Waals surface area contributed by atoms with Crippen molar-refractivity contribution in [3.05, 3.63) is 103 Å². The third kappa shape index (κ3) is 5.03. The average molecular weight is 655 g/mol. The topological polar surface area (TPSA) is 0 Å². The lowest BCUT2D eigenvalue weighted by Gasteiger charge is -2.28. The molecule has 0 nitrogen and oxygen atoms in total. The highest BCUT2D eigenvalue weighted by atomic mass is 32.2. The van der Waals surface area contributed by atoms with Crippen LogP contribution < -0.4 is 0 Å². The third-order valence-electron chi connectivity index (χ3n) is 9.88. The van der Waals surface area contributed by atoms with E-state index < -0.39 is 0 Å². The SMILES string of the molecule is CCC/C(=C(/CCC)[S+]1c2ccccc2Sc2c(C)c(C)c(C)c(C)c21)[S+]1c2ccccc2Sc2c(C)c(C)c(C)c(C)c21. The summed E-state index contributed by atoms with van der Waals surface area (Å²) in [6.45, 7) is 23.7. The van der Waals surface area contributed by atoms with Crippen molar-refractivity contribution in [3.8, 4) is 0 Å². The van der Waals surface area contributed by atoms with E-state index in [1.807, 2.05) is 23.5 Å². The number of hydrogen-bond acceptors (Lipinski definition) is 2. The van der Waals surface area contributed by atoms with Gasteiger partial charge in [-0.15, -0.1) is 0 Å². The van der Waals surface area contributed by atoms with Crippen molar-refractivity contribution in [2.24, 2.45) is 0 Å². The van der Waals surface area contributed by atoms with Gasteiger partial charge in [0.15, 0.2) is 29.4 Å². The van der Waals surface area contributed by atoms with Crippen LogP contribution >= 0.6 is 23.5 Å². The molecule has 0 radical (unpaired) electrons. The third-order valence-corrected chi connectivity index (χ3v) is 18.4. The van der Waals surface area contributed by atoms with E-state index in [2.05, 4.69) is 118 Å². The van der Waals surface area contributed by atoms with Crippen LogP contribution in [0.3, 0.4) is 0 Å². The zero-order chi connectivity index (χ0) is 31.4. The first-order chi connectivity index (χ1) is 21.1. The van der Waals surface area contributed by atoms with Crippen LogP contribution in [0.4, 0.5) is 0 Å². The van der Waals surface area contributed by atoms with Crippen LogP contribution in [0.2, 0.25) is 0 Å². The molecule has 0 saturated heterocycles. The van der Waals surface area contributed by atoms with Crippen molar-refractivity contribution in [1.82, 2.24) is 0 Å². The Balaban J connectivity index is 1.75. The molecule has 4 aromatic carbocycles. The van der Waals surface area contributed by atoms with E-state index in [0.29, 0.717) is 0 Å². The van der Waals surface area contributed by atoms with Gasteiger partial charge in [-0.1, -0.05) is 61.6 Å². The van der Waals surface area contributed by atoms with Gasteiger partial charge in [0.2, 0.25) is 0 Å². The fraction of sp³-hybridized carbons (Fsp3) is 0.350. The molecule has 228 valence electrons. The van der Waals surface area contributed by atoms with Crippen LogP contribution in [0.25, 0.3) is 0 Å². The van der Waals surface area contributed by atoms with Crippen molar-refractivity contribution in [2.45, 2.75) is 134 Å². The monoisotopic (exact) mass is 654 g/mol. The normalized spacial score (nSPS) is 17.4. The molecule has 2 heterocycles. The van der Waals surface area contributed by atoms with Crippen molar-refractivity contribution in [3.63, 3.8) is 0 Å². The zero-order valence-electron chi connectivity index (χ0n) is 28.1. The standard InChI is InChI=1S/C40H46S4/c1-11-17-35(43-33-21-15-13-19-31(33)41-37-27(7)23(3)25(5)29(9)39(37)43)36(18-12-2)44-34-22-16-14-20-32(34)42-38-28(8)24(4)26(6)30(10)40(38)44/h13-16,19-22H,11-12,17-18H2,1-10H3/q+2/b36-35+. The van der Waals surface area contributed by atoms with Gasteiger partial charge in [-0.3, -0.25) is 0 Å². The van der Waals surface area contributed by atoms with E-state index in [1.165, 1.54) is 73.9 Å². The van der Waals surface area contributed by atoms with Crippen molar-refractivity contribution < 1.29 is 0 Å². The van der Waals surface area contributed by atoms with Crippen LogP contribution in [-0.4, -0.2) is 0 Å². The predicted octanol–water partition coefficient (Wildman–Crippen LogP) is 12.7. The summed E-state index contributed by atoms with van der Waals surface area (Å²) in [6, 6.07) is 18.7. The van der Waals surface area contributed by atoms with Gasteiger partial charge in [-0.05, 0) is 126 Å². The summed E-state index contributed by atoms with van der Waals surface area (Å²) < 4.78 is 0. The summed E-state index contributed by atoms with van der Waals surface area (Å²) in [5.74, 6) is 0. The second kappa shape index (κ2) is 12.7. The largest absolute Gasteiger partial charge is 0.194 e. The molecular formula is C40H46S4+2. The molecule has 2 unspecified atom stereocenters. The Labute approximate surface area is 280 Å². The molecule has 2 aliphatic rings. The molecule has 4 aromatic rings. The molecule has 0 saturated carbocycles. The Morgan fingerprint density at radius 1 is 0.477 bits per heavy atom. The average Bonchev–Trinajstić information content (AvgIpc) is 3.04. The van der Waals surface area contributed by atoms with Gasteiger partial charge in [-0.25, -0.2) is 0 Å². The summed E-state index contributed by atoms with van der Waals surface area (Å²) in [6.07, 6.45) is 4.59. The van der Waals surface area contributed by atoms with Crippen LogP contribution in [0.1, 0.15) is 84.0 Å². The Kier molecular flexibility index (Phi) is 9.21. The highest BCUT2D eigenvalue weighted by Gasteiger charge is 2.50. The summed E-state index contributed by atoms with van der Waals surface area (Å²) in [5, 5.41) is 0. The maximum absolute atomic E-state index is 2.45. The maximum atomic E-state index is 2.45. The first-order valence-electron chi connectivity index (χ1n) is 16.1. The molecule has 0 amide bonds. The second-order valence-electron chi connectivity index (χ2n) is 12.4. The molecule has 4 heteroatoms. The van der Waals surface area contributed by atoms with Gasteiger partial charge in [0.05, 0.1) is 19.6 Å². The smallest absolute Gasteiger partial charge is 0.0792 e. The van der Waals surface area contributed by atoms with E-state index in [4.69, 9.17) is 0 Å². The molecule has 2 aliphatic heterocycles. The number of benzene rings is 4. The fourth-order valence-electron chi connectivity index (χ4n) is 6.75. The molecule has 0 bridgehead atoms. The van der Waals surface area contributed by atoms with E-state index in [-0.39, 0.29) is 21.8 Å². The Bertz CT molecular complexity index is 1690. The van der Waals surface area contributed by atoms with Gasteiger partial charge in [0, 0.05) is 24.0 Å². The molecule has 0 aliphatic carbocycles. The summed E-state index contributed by atoms with van der Waals surface area (Å²) >= 11 is 4.03. The summed E-state index contributed by atoms with van der Waals surface area (Å²) in [4.78, 5) is 15.6. The number of allylic oxidation sites excluding steroid dienone is 2. The molecule has 0 fully saturated rings. The van der Waals surface area contributed by atoms with E-state index in [0.717, 1.165) is 25.7 Å². The first-order valence-corrected chi connectivity index (χ1v) is 20.1. The molecular weight excluding hydrogens is 609 g/mol. The minimum Gasteiger partial charge on any atom is -0.0792 e. The zero-order valence-corrected chi connectivity index (χ0v) is 31.3. The van der Waals surface area contributed by atoms with Gasteiger partial charge in [-0.2, -0.15) is 0 Å². The lowest BCUT2D eigenvalue weighted by Crippen LogP contribution is -2.23. The number of hydrogen-bond donors (Lipinski definition) is 0. The van der Waals surface area contributed by atoms with Gasteiger partial charge < -0.3 is 0 Å². The molecule has 2 atom stereocenters.